The SMILES string of the molecule is COc1cc(C)cc(C)c1N(C)C(C)C. The third kappa shape index (κ3) is 2.44. The maximum Gasteiger partial charge on any atom is 0.142 e. The van der Waals surface area contributed by atoms with E-state index in [1.807, 2.05) is 0 Å². The fourth-order valence-corrected chi connectivity index (χ4v) is 1.79. The third-order valence-electron chi connectivity index (χ3n) is 2.76. The lowest BCUT2D eigenvalue weighted by atomic mass is 10.1. The number of hydrogen-bond acceptors (Lipinski definition) is 2. The standard InChI is InChI=1S/C13H21NO/c1-9(2)14(5)13-11(4)7-10(3)8-12(13)15-6/h7-9H,1-6H3. The Balaban J connectivity index is 3.26. The van der Waals surface area contributed by atoms with Crippen molar-refractivity contribution < 1.29 is 4.74 Å². The van der Waals surface area contributed by atoms with Gasteiger partial charge in [0, 0.05) is 13.1 Å². The zero-order valence-corrected chi connectivity index (χ0v) is 10.6. The first kappa shape index (κ1) is 11.9. The van der Waals surface area contributed by atoms with Crippen LogP contribution >= 0.6 is 0 Å². The Bertz CT molecular complexity index is 345. The van der Waals surface area contributed by atoms with Crippen LogP contribution in [0.2, 0.25) is 0 Å². The Labute approximate surface area is 92.9 Å². The molecule has 84 valence electrons. The smallest absolute Gasteiger partial charge is 0.142 e. The van der Waals surface area contributed by atoms with Gasteiger partial charge in [0.2, 0.25) is 0 Å². The maximum absolute atomic E-state index is 5.44. The molecule has 0 N–H and O–H groups in total. The Morgan fingerprint density at radius 2 is 1.80 bits per heavy atom. The molecule has 0 heterocycles. The van der Waals surface area contributed by atoms with Crippen LogP contribution in [0.5, 0.6) is 5.75 Å². The predicted molar refractivity (Wildman–Crippen MR) is 66.0 cm³/mol. The second-order valence-corrected chi connectivity index (χ2v) is 4.34. The zero-order chi connectivity index (χ0) is 11.6. The van der Waals surface area contributed by atoms with Gasteiger partial charge >= 0.3 is 0 Å². The third-order valence-corrected chi connectivity index (χ3v) is 2.76. The van der Waals surface area contributed by atoms with Gasteiger partial charge in [0.15, 0.2) is 0 Å². The molecule has 1 aromatic carbocycles. The maximum atomic E-state index is 5.44. The number of hydrogen-bond donors (Lipinski definition) is 0. The monoisotopic (exact) mass is 207 g/mol. The summed E-state index contributed by atoms with van der Waals surface area (Å²) in [4.78, 5) is 2.24. The second kappa shape index (κ2) is 4.56. The van der Waals surface area contributed by atoms with Crippen LogP contribution in [0, 0.1) is 13.8 Å². The van der Waals surface area contributed by atoms with Crippen molar-refractivity contribution in [1.29, 1.82) is 0 Å². The van der Waals surface area contributed by atoms with Crippen LogP contribution in [-0.2, 0) is 0 Å². The van der Waals surface area contributed by atoms with E-state index in [9.17, 15) is 0 Å². The van der Waals surface area contributed by atoms with E-state index < -0.39 is 0 Å². The van der Waals surface area contributed by atoms with Gasteiger partial charge in [0.05, 0.1) is 12.8 Å². The van der Waals surface area contributed by atoms with Gasteiger partial charge in [-0.15, -0.1) is 0 Å². The molecule has 0 bridgehead atoms. The summed E-state index contributed by atoms with van der Waals surface area (Å²) in [6.07, 6.45) is 0. The number of ether oxygens (including phenoxy) is 1. The molecule has 15 heavy (non-hydrogen) atoms. The van der Waals surface area contributed by atoms with Gasteiger partial charge < -0.3 is 9.64 Å². The molecule has 0 atom stereocenters. The summed E-state index contributed by atoms with van der Waals surface area (Å²) in [7, 11) is 3.83. The first-order valence-electron chi connectivity index (χ1n) is 5.35. The van der Waals surface area contributed by atoms with Gasteiger partial charge in [-0.3, -0.25) is 0 Å². The highest BCUT2D eigenvalue weighted by molar-refractivity contribution is 5.64. The van der Waals surface area contributed by atoms with E-state index in [1.165, 1.54) is 16.8 Å². The first-order valence-corrected chi connectivity index (χ1v) is 5.35. The van der Waals surface area contributed by atoms with Crippen LogP contribution in [0.15, 0.2) is 12.1 Å². The lowest BCUT2D eigenvalue weighted by Gasteiger charge is -2.27. The van der Waals surface area contributed by atoms with Gasteiger partial charge in [-0.25, -0.2) is 0 Å². The number of methoxy groups -OCH3 is 1. The molecule has 0 spiro atoms. The van der Waals surface area contributed by atoms with Crippen molar-refractivity contribution in [3.8, 4) is 5.75 Å². The normalized spacial score (nSPS) is 10.6. The summed E-state index contributed by atoms with van der Waals surface area (Å²) in [5.41, 5.74) is 3.70. The molecule has 0 aliphatic rings. The highest BCUT2D eigenvalue weighted by Crippen LogP contribution is 2.33. The average molecular weight is 207 g/mol. The minimum atomic E-state index is 0.473. The van der Waals surface area contributed by atoms with Crippen LogP contribution < -0.4 is 9.64 Å². The molecule has 1 rings (SSSR count). The highest BCUT2D eigenvalue weighted by atomic mass is 16.5. The summed E-state index contributed by atoms with van der Waals surface area (Å²) in [5.74, 6) is 0.962. The van der Waals surface area contributed by atoms with E-state index in [4.69, 9.17) is 4.74 Å². The molecule has 0 saturated heterocycles. The summed E-state index contributed by atoms with van der Waals surface area (Å²) in [5, 5.41) is 0. The molecular formula is C13H21NO. The van der Waals surface area contributed by atoms with E-state index in [0.29, 0.717) is 6.04 Å². The molecule has 1 aromatic rings. The van der Waals surface area contributed by atoms with Gasteiger partial charge in [-0.1, -0.05) is 6.07 Å². The lowest BCUT2D eigenvalue weighted by molar-refractivity contribution is 0.413. The number of benzene rings is 1. The van der Waals surface area contributed by atoms with E-state index >= 15 is 0 Å². The van der Waals surface area contributed by atoms with Crippen molar-refractivity contribution in [2.24, 2.45) is 0 Å². The topological polar surface area (TPSA) is 12.5 Å². The van der Waals surface area contributed by atoms with Crippen molar-refractivity contribution >= 4 is 5.69 Å². The molecule has 0 amide bonds. The van der Waals surface area contributed by atoms with Crippen molar-refractivity contribution in [3.05, 3.63) is 23.3 Å². The minimum Gasteiger partial charge on any atom is -0.495 e. The van der Waals surface area contributed by atoms with E-state index in [1.54, 1.807) is 7.11 Å². The molecule has 0 unspecified atom stereocenters. The Morgan fingerprint density at radius 3 is 2.27 bits per heavy atom. The highest BCUT2D eigenvalue weighted by Gasteiger charge is 2.14. The molecule has 0 aromatic heterocycles. The first-order chi connectivity index (χ1) is 6.97. The minimum absolute atomic E-state index is 0.473. The van der Waals surface area contributed by atoms with Gasteiger partial charge in [0.25, 0.3) is 0 Å². The van der Waals surface area contributed by atoms with Crippen molar-refractivity contribution in [3.63, 3.8) is 0 Å². The van der Waals surface area contributed by atoms with E-state index in [-0.39, 0.29) is 0 Å². The fraction of sp³-hybridized carbons (Fsp3) is 0.538. The van der Waals surface area contributed by atoms with E-state index in [0.717, 1.165) is 5.75 Å². The lowest BCUT2D eigenvalue weighted by Crippen LogP contribution is -2.26. The summed E-state index contributed by atoms with van der Waals surface area (Å²) in [6, 6.07) is 4.75. The van der Waals surface area contributed by atoms with Crippen LogP contribution in [-0.4, -0.2) is 20.2 Å². The van der Waals surface area contributed by atoms with Crippen LogP contribution in [0.4, 0.5) is 5.69 Å². The second-order valence-electron chi connectivity index (χ2n) is 4.34. The average Bonchev–Trinajstić information content (AvgIpc) is 2.15. The Hall–Kier alpha value is -1.18. The van der Waals surface area contributed by atoms with Crippen molar-refractivity contribution in [1.82, 2.24) is 0 Å². The van der Waals surface area contributed by atoms with Gasteiger partial charge in [-0.2, -0.15) is 0 Å². The summed E-state index contributed by atoms with van der Waals surface area (Å²) in [6.45, 7) is 8.58. The van der Waals surface area contributed by atoms with E-state index in [2.05, 4.69) is 51.8 Å². The molecule has 0 aliphatic heterocycles. The summed E-state index contributed by atoms with van der Waals surface area (Å²) < 4.78 is 5.44. The summed E-state index contributed by atoms with van der Waals surface area (Å²) >= 11 is 0. The predicted octanol–water partition coefficient (Wildman–Crippen LogP) is 3.16. The quantitative estimate of drug-likeness (QED) is 0.755. The zero-order valence-electron chi connectivity index (χ0n) is 10.6. The van der Waals surface area contributed by atoms with Gasteiger partial charge in [-0.05, 0) is 44.9 Å². The van der Waals surface area contributed by atoms with Crippen LogP contribution in [0.3, 0.4) is 0 Å². The fourth-order valence-electron chi connectivity index (χ4n) is 1.79. The largest absolute Gasteiger partial charge is 0.495 e. The van der Waals surface area contributed by atoms with Crippen molar-refractivity contribution in [2.45, 2.75) is 33.7 Å². The van der Waals surface area contributed by atoms with Crippen molar-refractivity contribution in [2.75, 3.05) is 19.1 Å². The van der Waals surface area contributed by atoms with Gasteiger partial charge in [0.1, 0.15) is 5.75 Å². The molecule has 0 radical (unpaired) electrons. The molecule has 2 nitrogen and oxygen atoms in total. The number of aryl methyl sites for hydroxylation is 2. The molecule has 0 fully saturated rings. The molecule has 0 aliphatic carbocycles. The Kier molecular flexibility index (Phi) is 3.61. The number of anilines is 1. The Morgan fingerprint density at radius 1 is 1.20 bits per heavy atom. The van der Waals surface area contributed by atoms with Crippen LogP contribution in [0.25, 0.3) is 0 Å². The molecule has 0 saturated carbocycles. The number of rotatable bonds is 3. The number of nitrogens with zero attached hydrogens (tertiary/aromatic N) is 1. The molecular weight excluding hydrogens is 186 g/mol. The molecule has 2 heteroatoms. The van der Waals surface area contributed by atoms with Crippen LogP contribution in [0.1, 0.15) is 25.0 Å².